The second-order valence-electron chi connectivity index (χ2n) is 8.18. The van der Waals surface area contributed by atoms with E-state index in [1.54, 1.807) is 0 Å². The molecule has 0 amide bonds. The lowest BCUT2D eigenvalue weighted by atomic mass is 10.0. The molecule has 5 rings (SSSR count). The number of aryl methyl sites for hydroxylation is 1. The minimum absolute atomic E-state index is 1.06. The highest BCUT2D eigenvalue weighted by Gasteiger charge is 2.12. The Hall–Kier alpha value is -4.10. The molecule has 1 heteroatoms. The van der Waals surface area contributed by atoms with Gasteiger partial charge in [-0.3, -0.25) is 0 Å². The number of hydrogen-bond donors (Lipinski definition) is 0. The lowest BCUT2D eigenvalue weighted by Gasteiger charge is -2.26. The lowest BCUT2D eigenvalue weighted by molar-refractivity contribution is 1.14. The van der Waals surface area contributed by atoms with E-state index >= 15 is 0 Å². The number of anilines is 3. The van der Waals surface area contributed by atoms with E-state index in [1.807, 2.05) is 0 Å². The Morgan fingerprint density at radius 1 is 0.394 bits per heavy atom. The highest BCUT2D eigenvalue weighted by molar-refractivity contribution is 5.79. The quantitative estimate of drug-likeness (QED) is 0.262. The maximum absolute atomic E-state index is 2.30. The molecule has 0 spiro atoms. The van der Waals surface area contributed by atoms with Crippen molar-refractivity contribution in [3.63, 3.8) is 0 Å². The maximum Gasteiger partial charge on any atom is 0.0462 e. The molecule has 1 nitrogen and oxygen atoms in total. The highest BCUT2D eigenvalue weighted by Crippen LogP contribution is 2.36. The number of rotatable bonds is 6. The molecule has 0 aliphatic heterocycles. The van der Waals surface area contributed by atoms with Gasteiger partial charge in [-0.05, 0) is 70.6 Å². The number of para-hydroxylation sites is 1. The van der Waals surface area contributed by atoms with Crippen molar-refractivity contribution in [3.05, 3.63) is 139 Å². The summed E-state index contributed by atoms with van der Waals surface area (Å²) in [5.41, 5.74) is 9.72. The minimum atomic E-state index is 1.06. The summed E-state index contributed by atoms with van der Waals surface area (Å²) in [7, 11) is 0. The van der Waals surface area contributed by atoms with Crippen molar-refractivity contribution in [1.82, 2.24) is 0 Å². The molecule has 0 fully saturated rings. The maximum atomic E-state index is 2.30. The third-order valence-electron chi connectivity index (χ3n) is 6.07. The van der Waals surface area contributed by atoms with Crippen molar-refractivity contribution in [2.24, 2.45) is 0 Å². The predicted molar refractivity (Wildman–Crippen MR) is 141 cm³/mol. The van der Waals surface area contributed by atoms with Crippen LogP contribution >= 0.6 is 0 Å². The lowest BCUT2D eigenvalue weighted by Crippen LogP contribution is -2.09. The van der Waals surface area contributed by atoms with E-state index in [2.05, 4.69) is 145 Å². The molecule has 0 aliphatic rings. The van der Waals surface area contributed by atoms with Gasteiger partial charge in [0, 0.05) is 17.1 Å². The van der Waals surface area contributed by atoms with Gasteiger partial charge >= 0.3 is 0 Å². The van der Waals surface area contributed by atoms with E-state index in [1.165, 1.54) is 27.8 Å². The summed E-state index contributed by atoms with van der Waals surface area (Å²) >= 11 is 0. The van der Waals surface area contributed by atoms with Crippen LogP contribution in [0.2, 0.25) is 0 Å². The molecule has 0 saturated carbocycles. The molecule has 0 heterocycles. The van der Waals surface area contributed by atoms with Crippen LogP contribution in [0.15, 0.2) is 133 Å². The molecule has 0 atom stereocenters. The van der Waals surface area contributed by atoms with Crippen molar-refractivity contribution in [1.29, 1.82) is 0 Å². The summed E-state index contributed by atoms with van der Waals surface area (Å²) in [6.07, 6.45) is 1.06. The summed E-state index contributed by atoms with van der Waals surface area (Å²) in [4.78, 5) is 2.30. The van der Waals surface area contributed by atoms with E-state index in [-0.39, 0.29) is 0 Å². The van der Waals surface area contributed by atoms with Crippen LogP contribution in [-0.4, -0.2) is 0 Å². The van der Waals surface area contributed by atoms with E-state index in [0.717, 1.165) is 23.5 Å². The Balaban J connectivity index is 1.49. The zero-order valence-corrected chi connectivity index (χ0v) is 18.9. The summed E-state index contributed by atoms with van der Waals surface area (Å²) < 4.78 is 0. The average molecular weight is 426 g/mol. The zero-order valence-electron chi connectivity index (χ0n) is 18.9. The van der Waals surface area contributed by atoms with Crippen molar-refractivity contribution < 1.29 is 0 Å². The molecular weight excluding hydrogens is 398 g/mol. The van der Waals surface area contributed by atoms with Crippen LogP contribution in [0.4, 0.5) is 17.1 Å². The third kappa shape index (κ3) is 4.58. The Morgan fingerprint density at radius 2 is 0.758 bits per heavy atom. The monoisotopic (exact) mass is 425 g/mol. The molecule has 0 unspecified atom stereocenters. The van der Waals surface area contributed by atoms with Crippen LogP contribution in [0, 0.1) is 0 Å². The summed E-state index contributed by atoms with van der Waals surface area (Å²) in [6, 6.07) is 47.6. The molecule has 0 saturated heterocycles. The molecule has 0 bridgehead atoms. The van der Waals surface area contributed by atoms with E-state index in [0.29, 0.717) is 0 Å². The molecular formula is C32H27N. The van der Waals surface area contributed by atoms with Gasteiger partial charge in [0.05, 0.1) is 0 Å². The largest absolute Gasteiger partial charge is 0.311 e. The summed E-state index contributed by atoms with van der Waals surface area (Å²) in [5, 5.41) is 0. The van der Waals surface area contributed by atoms with Gasteiger partial charge in [-0.1, -0.05) is 104 Å². The van der Waals surface area contributed by atoms with Crippen molar-refractivity contribution in [3.8, 4) is 22.3 Å². The number of nitrogens with zero attached hydrogens (tertiary/aromatic N) is 1. The van der Waals surface area contributed by atoms with Crippen LogP contribution in [0.1, 0.15) is 12.5 Å². The molecule has 33 heavy (non-hydrogen) atoms. The molecule has 5 aromatic rings. The third-order valence-corrected chi connectivity index (χ3v) is 6.07. The van der Waals surface area contributed by atoms with Gasteiger partial charge in [0.25, 0.3) is 0 Å². The zero-order chi connectivity index (χ0) is 22.5. The first-order chi connectivity index (χ1) is 16.3. The van der Waals surface area contributed by atoms with Crippen LogP contribution in [0.25, 0.3) is 22.3 Å². The van der Waals surface area contributed by atoms with Crippen LogP contribution < -0.4 is 4.90 Å². The number of hydrogen-bond acceptors (Lipinski definition) is 1. The van der Waals surface area contributed by atoms with Crippen molar-refractivity contribution >= 4 is 17.1 Å². The minimum Gasteiger partial charge on any atom is -0.311 e. The SMILES string of the molecule is CCc1ccc(-c2ccc(N(c3ccccc3)c3ccc(-c4ccccc4)cc3)cc2)cc1. The van der Waals surface area contributed by atoms with Gasteiger partial charge in [0.2, 0.25) is 0 Å². The smallest absolute Gasteiger partial charge is 0.0462 e. The van der Waals surface area contributed by atoms with Gasteiger partial charge in [0.15, 0.2) is 0 Å². The van der Waals surface area contributed by atoms with Gasteiger partial charge in [-0.15, -0.1) is 0 Å². The first-order valence-electron chi connectivity index (χ1n) is 11.5. The Labute approximate surface area is 196 Å². The van der Waals surface area contributed by atoms with Gasteiger partial charge in [-0.2, -0.15) is 0 Å². The molecule has 5 aromatic carbocycles. The Bertz CT molecular complexity index is 1290. The predicted octanol–water partition coefficient (Wildman–Crippen LogP) is 9.05. The molecule has 0 N–H and O–H groups in total. The van der Waals surface area contributed by atoms with E-state index in [4.69, 9.17) is 0 Å². The van der Waals surface area contributed by atoms with Crippen LogP contribution in [-0.2, 0) is 6.42 Å². The average Bonchev–Trinajstić information content (AvgIpc) is 2.91. The topological polar surface area (TPSA) is 3.24 Å². The highest BCUT2D eigenvalue weighted by atomic mass is 15.1. The molecule has 160 valence electrons. The fourth-order valence-corrected chi connectivity index (χ4v) is 4.19. The molecule has 0 radical (unpaired) electrons. The fraction of sp³-hybridized carbons (Fsp3) is 0.0625. The van der Waals surface area contributed by atoms with Gasteiger partial charge in [-0.25, -0.2) is 0 Å². The molecule has 0 aromatic heterocycles. The Kier molecular flexibility index (Phi) is 6.04. The van der Waals surface area contributed by atoms with Crippen molar-refractivity contribution in [2.75, 3.05) is 4.90 Å². The van der Waals surface area contributed by atoms with E-state index < -0.39 is 0 Å². The van der Waals surface area contributed by atoms with Gasteiger partial charge in [0.1, 0.15) is 0 Å². The second-order valence-corrected chi connectivity index (χ2v) is 8.18. The first-order valence-corrected chi connectivity index (χ1v) is 11.5. The van der Waals surface area contributed by atoms with Gasteiger partial charge < -0.3 is 4.90 Å². The first kappa shape index (κ1) is 20.8. The summed E-state index contributed by atoms with van der Waals surface area (Å²) in [5.74, 6) is 0. The summed E-state index contributed by atoms with van der Waals surface area (Å²) in [6.45, 7) is 2.19. The van der Waals surface area contributed by atoms with Crippen LogP contribution in [0.3, 0.4) is 0 Å². The van der Waals surface area contributed by atoms with Crippen LogP contribution in [0.5, 0.6) is 0 Å². The normalized spacial score (nSPS) is 10.7. The second kappa shape index (κ2) is 9.58. The fourth-order valence-electron chi connectivity index (χ4n) is 4.19. The van der Waals surface area contributed by atoms with E-state index in [9.17, 15) is 0 Å². The molecule has 0 aliphatic carbocycles. The standard InChI is InChI=1S/C32H27N/c1-2-25-13-15-27(16-14-25)29-19-23-32(24-20-29)33(30-11-7-4-8-12-30)31-21-17-28(18-22-31)26-9-5-3-6-10-26/h3-24H,2H2,1H3. The number of benzene rings is 5. The Morgan fingerprint density at radius 3 is 1.21 bits per heavy atom. The van der Waals surface area contributed by atoms with Crippen molar-refractivity contribution in [2.45, 2.75) is 13.3 Å².